The third-order valence-corrected chi connectivity index (χ3v) is 3.66. The average Bonchev–Trinajstić information content (AvgIpc) is 2.40. The summed E-state index contributed by atoms with van der Waals surface area (Å²) in [6.07, 6.45) is 4.61. The number of aromatic nitrogens is 1. The smallest absolute Gasteiger partial charge is 0.278 e. The molecule has 1 aromatic heterocycles. The second-order valence-corrected chi connectivity index (χ2v) is 4.72. The molecule has 2 atom stereocenters. The topological polar surface area (TPSA) is 63.6 Å². The van der Waals surface area contributed by atoms with Crippen molar-refractivity contribution >= 4 is 15.4 Å². The molecule has 0 bridgehead atoms. The SMILES string of the molecule is O=C1c2c(OP)c(=O)ccn2N[C@@H]2CCCCN12. The fourth-order valence-electron chi connectivity index (χ4n) is 2.55. The Hall–Kier alpha value is -1.55. The van der Waals surface area contributed by atoms with Crippen LogP contribution in [-0.2, 0) is 0 Å². The van der Waals surface area contributed by atoms with Crippen molar-refractivity contribution in [1.29, 1.82) is 0 Å². The summed E-state index contributed by atoms with van der Waals surface area (Å²) in [6, 6.07) is 1.39. The molecule has 7 heteroatoms. The second-order valence-electron chi connectivity index (χ2n) is 4.48. The van der Waals surface area contributed by atoms with Gasteiger partial charge in [-0.15, -0.1) is 0 Å². The summed E-state index contributed by atoms with van der Waals surface area (Å²) in [7, 11) is 2.02. The number of nitrogens with zero attached hydrogens (tertiary/aromatic N) is 2. The number of rotatable bonds is 1. The molecule has 1 saturated heterocycles. The predicted octanol–water partition coefficient (Wildman–Crippen LogP) is 0.526. The van der Waals surface area contributed by atoms with Gasteiger partial charge in [-0.3, -0.25) is 14.3 Å². The standard InChI is InChI=1S/C11H14N3O3P/c15-7-4-6-14-9(10(7)17-18)11(16)13-5-2-1-3-8(13)12-14/h4,6,8,12H,1-3,5,18H2/t8-/m0/s1. The summed E-state index contributed by atoms with van der Waals surface area (Å²) < 4.78 is 6.58. The predicted molar refractivity (Wildman–Crippen MR) is 69.1 cm³/mol. The van der Waals surface area contributed by atoms with E-state index in [1.807, 2.05) is 9.47 Å². The number of hydrogen-bond donors (Lipinski definition) is 1. The first-order valence-electron chi connectivity index (χ1n) is 5.92. The summed E-state index contributed by atoms with van der Waals surface area (Å²) in [5.41, 5.74) is 3.21. The van der Waals surface area contributed by atoms with Gasteiger partial charge < -0.3 is 14.8 Å². The maximum atomic E-state index is 12.4. The molecule has 1 N–H and O–H groups in total. The van der Waals surface area contributed by atoms with Gasteiger partial charge in [0.15, 0.2) is 5.69 Å². The van der Waals surface area contributed by atoms with Crippen LogP contribution in [0.4, 0.5) is 0 Å². The molecule has 6 nitrogen and oxygen atoms in total. The van der Waals surface area contributed by atoms with Crippen LogP contribution in [0.2, 0.25) is 0 Å². The van der Waals surface area contributed by atoms with Crippen molar-refractivity contribution in [2.45, 2.75) is 25.4 Å². The minimum atomic E-state index is -0.290. The lowest BCUT2D eigenvalue weighted by molar-refractivity contribution is 0.0572. The van der Waals surface area contributed by atoms with Crippen molar-refractivity contribution in [1.82, 2.24) is 9.58 Å². The maximum absolute atomic E-state index is 12.4. The lowest BCUT2D eigenvalue weighted by Crippen LogP contribution is -2.55. The van der Waals surface area contributed by atoms with E-state index in [9.17, 15) is 9.59 Å². The van der Waals surface area contributed by atoms with Crippen molar-refractivity contribution in [2.24, 2.45) is 0 Å². The van der Waals surface area contributed by atoms with Crippen LogP contribution in [0.25, 0.3) is 0 Å². The van der Waals surface area contributed by atoms with E-state index in [2.05, 4.69) is 5.43 Å². The van der Waals surface area contributed by atoms with Crippen LogP contribution in [0.5, 0.6) is 5.75 Å². The molecule has 0 aliphatic carbocycles. The van der Waals surface area contributed by atoms with E-state index < -0.39 is 0 Å². The molecule has 2 aliphatic rings. The van der Waals surface area contributed by atoms with Gasteiger partial charge in [0.1, 0.15) is 6.17 Å². The third kappa shape index (κ3) is 1.60. The van der Waals surface area contributed by atoms with E-state index >= 15 is 0 Å². The van der Waals surface area contributed by atoms with Crippen LogP contribution in [-0.4, -0.2) is 28.2 Å². The summed E-state index contributed by atoms with van der Waals surface area (Å²) in [4.78, 5) is 25.9. The minimum absolute atomic E-state index is 0.0126. The molecule has 0 radical (unpaired) electrons. The van der Waals surface area contributed by atoms with Crippen molar-refractivity contribution in [2.75, 3.05) is 12.0 Å². The van der Waals surface area contributed by atoms with Crippen LogP contribution >= 0.6 is 9.47 Å². The zero-order valence-electron chi connectivity index (χ0n) is 9.76. The molecule has 1 amide bonds. The Labute approximate surface area is 106 Å². The monoisotopic (exact) mass is 267 g/mol. The van der Waals surface area contributed by atoms with Crippen LogP contribution in [0.3, 0.4) is 0 Å². The second kappa shape index (κ2) is 4.28. The first-order valence-corrected chi connectivity index (χ1v) is 6.39. The van der Waals surface area contributed by atoms with Gasteiger partial charge in [0.25, 0.3) is 5.91 Å². The molecule has 0 spiro atoms. The highest BCUT2D eigenvalue weighted by Gasteiger charge is 2.36. The number of pyridine rings is 1. The Balaban J connectivity index is 2.13. The van der Waals surface area contributed by atoms with E-state index in [-0.39, 0.29) is 28.9 Å². The molecular weight excluding hydrogens is 253 g/mol. The molecule has 96 valence electrons. The van der Waals surface area contributed by atoms with Crippen LogP contribution < -0.4 is 15.4 Å². The van der Waals surface area contributed by atoms with E-state index in [0.29, 0.717) is 0 Å². The Morgan fingerprint density at radius 2 is 2.22 bits per heavy atom. The highest BCUT2D eigenvalue weighted by Crippen LogP contribution is 2.26. The first kappa shape index (κ1) is 11.5. The molecule has 1 aromatic rings. The van der Waals surface area contributed by atoms with Crippen molar-refractivity contribution in [3.05, 3.63) is 28.2 Å². The quantitative estimate of drug-likeness (QED) is 0.754. The zero-order chi connectivity index (χ0) is 12.7. The van der Waals surface area contributed by atoms with Gasteiger partial charge in [-0.25, -0.2) is 0 Å². The van der Waals surface area contributed by atoms with Gasteiger partial charge in [0.2, 0.25) is 11.2 Å². The largest absolute Gasteiger partial charge is 0.474 e. The first-order chi connectivity index (χ1) is 8.72. The summed E-state index contributed by atoms with van der Waals surface area (Å²) in [5.74, 6) is -0.0716. The van der Waals surface area contributed by atoms with Crippen molar-refractivity contribution in [3.63, 3.8) is 0 Å². The van der Waals surface area contributed by atoms with Gasteiger partial charge in [0, 0.05) is 18.8 Å². The van der Waals surface area contributed by atoms with E-state index in [4.69, 9.17) is 4.52 Å². The molecule has 18 heavy (non-hydrogen) atoms. The number of carbonyl (C=O) groups excluding carboxylic acids is 1. The van der Waals surface area contributed by atoms with Crippen molar-refractivity contribution < 1.29 is 9.32 Å². The van der Waals surface area contributed by atoms with Crippen LogP contribution in [0, 0.1) is 0 Å². The number of carbonyl (C=O) groups is 1. The average molecular weight is 267 g/mol. The lowest BCUT2D eigenvalue weighted by Gasteiger charge is -2.41. The van der Waals surface area contributed by atoms with Crippen LogP contribution in [0.15, 0.2) is 17.1 Å². The Kier molecular flexibility index (Phi) is 2.74. The van der Waals surface area contributed by atoms with Gasteiger partial charge in [-0.2, -0.15) is 0 Å². The molecule has 1 fully saturated rings. The fraction of sp³-hybridized carbons (Fsp3) is 0.455. The lowest BCUT2D eigenvalue weighted by atomic mass is 10.1. The van der Waals surface area contributed by atoms with Gasteiger partial charge in [-0.1, -0.05) is 0 Å². The molecular formula is C11H14N3O3P. The van der Waals surface area contributed by atoms with Crippen molar-refractivity contribution in [3.8, 4) is 5.75 Å². The maximum Gasteiger partial charge on any atom is 0.278 e. The Bertz CT molecular complexity index is 557. The van der Waals surface area contributed by atoms with E-state index in [0.717, 1.165) is 25.8 Å². The number of fused-ring (bicyclic) bond motifs is 2. The highest BCUT2D eigenvalue weighted by atomic mass is 31.0. The Morgan fingerprint density at radius 3 is 3.00 bits per heavy atom. The minimum Gasteiger partial charge on any atom is -0.474 e. The Morgan fingerprint density at radius 1 is 1.39 bits per heavy atom. The third-order valence-electron chi connectivity index (χ3n) is 3.43. The molecule has 3 rings (SSSR count). The van der Waals surface area contributed by atoms with Crippen LogP contribution in [0.1, 0.15) is 29.8 Å². The van der Waals surface area contributed by atoms with Gasteiger partial charge in [0.05, 0.1) is 9.47 Å². The number of hydrogen-bond acceptors (Lipinski definition) is 4. The molecule has 0 saturated carbocycles. The molecule has 2 aliphatic heterocycles. The normalized spacial score (nSPS) is 21.9. The van der Waals surface area contributed by atoms with Gasteiger partial charge >= 0.3 is 0 Å². The highest BCUT2D eigenvalue weighted by molar-refractivity contribution is 7.10. The molecule has 1 unspecified atom stereocenters. The summed E-state index contributed by atoms with van der Waals surface area (Å²) in [6.45, 7) is 0.718. The number of nitrogens with one attached hydrogen (secondary N) is 1. The van der Waals surface area contributed by atoms with E-state index in [1.165, 1.54) is 6.07 Å². The van der Waals surface area contributed by atoms with E-state index in [1.54, 1.807) is 15.8 Å². The number of amides is 1. The van der Waals surface area contributed by atoms with Gasteiger partial charge in [-0.05, 0) is 19.3 Å². The zero-order valence-corrected chi connectivity index (χ0v) is 10.9. The number of piperidine rings is 1. The summed E-state index contributed by atoms with van der Waals surface area (Å²) in [5, 5.41) is 0. The molecule has 3 heterocycles. The summed E-state index contributed by atoms with van der Waals surface area (Å²) >= 11 is 0. The fourth-order valence-corrected chi connectivity index (χ4v) is 2.77. The molecule has 0 aromatic carbocycles.